The van der Waals surface area contributed by atoms with E-state index in [9.17, 15) is 4.39 Å². The van der Waals surface area contributed by atoms with Gasteiger partial charge >= 0.3 is 0 Å². The summed E-state index contributed by atoms with van der Waals surface area (Å²) >= 11 is 17.8. The molecule has 0 radical (unpaired) electrons. The predicted molar refractivity (Wildman–Crippen MR) is 85.8 cm³/mol. The second-order valence-electron chi connectivity index (χ2n) is 4.57. The van der Waals surface area contributed by atoms with Crippen LogP contribution in [0.5, 0.6) is 0 Å². The van der Waals surface area contributed by atoms with Crippen LogP contribution in [0.25, 0.3) is 0 Å². The minimum absolute atomic E-state index is 0.199. The highest BCUT2D eigenvalue weighted by atomic mass is 35.5. The highest BCUT2D eigenvalue weighted by Crippen LogP contribution is 2.27. The van der Waals surface area contributed by atoms with E-state index >= 15 is 0 Å². The van der Waals surface area contributed by atoms with Gasteiger partial charge in [-0.25, -0.2) is 4.39 Å². The number of nitrogens with zero attached hydrogens (tertiary/aromatic N) is 1. The number of nitrogens with one attached hydrogen (secondary N) is 1. The third-order valence-corrected chi connectivity index (χ3v) is 3.80. The third-order valence-electron chi connectivity index (χ3n) is 3.06. The van der Waals surface area contributed by atoms with Gasteiger partial charge in [-0.15, -0.1) is 0 Å². The van der Waals surface area contributed by atoms with Gasteiger partial charge in [-0.05, 0) is 36.7 Å². The molecule has 2 rings (SSSR count). The summed E-state index contributed by atoms with van der Waals surface area (Å²) in [6.45, 7) is 2.68. The lowest BCUT2D eigenvalue weighted by Crippen LogP contribution is -2.24. The zero-order chi connectivity index (χ0) is 15.4. The molecule has 0 saturated heterocycles. The van der Waals surface area contributed by atoms with Gasteiger partial charge < -0.3 is 5.32 Å². The Labute approximate surface area is 138 Å². The maximum Gasteiger partial charge on any atom is 0.127 e. The maximum absolute atomic E-state index is 13.9. The van der Waals surface area contributed by atoms with E-state index < -0.39 is 0 Å². The number of halogens is 4. The monoisotopic (exact) mass is 346 g/mol. The van der Waals surface area contributed by atoms with Gasteiger partial charge in [0.25, 0.3) is 0 Å². The SMILES string of the molecule is CCNC(Cc1ccc(Cl)cc1F)c1ncc(Cl)cc1Cl. The summed E-state index contributed by atoms with van der Waals surface area (Å²) in [4.78, 5) is 4.27. The van der Waals surface area contributed by atoms with Crippen molar-refractivity contribution in [2.45, 2.75) is 19.4 Å². The Balaban J connectivity index is 2.30. The number of hydrogen-bond donors (Lipinski definition) is 1. The van der Waals surface area contributed by atoms with Crippen LogP contribution in [0.15, 0.2) is 30.5 Å². The fourth-order valence-electron chi connectivity index (χ4n) is 2.10. The molecule has 1 aromatic carbocycles. The topological polar surface area (TPSA) is 24.9 Å². The van der Waals surface area contributed by atoms with Gasteiger partial charge in [0.05, 0.1) is 21.8 Å². The normalized spacial score (nSPS) is 12.4. The fraction of sp³-hybridized carbons (Fsp3) is 0.267. The highest BCUT2D eigenvalue weighted by Gasteiger charge is 2.18. The quantitative estimate of drug-likeness (QED) is 0.816. The first-order chi connectivity index (χ1) is 10.0. The number of likely N-dealkylation sites (N-methyl/N-ethyl adjacent to an activating group) is 1. The van der Waals surface area contributed by atoms with E-state index in [1.54, 1.807) is 18.2 Å². The van der Waals surface area contributed by atoms with Gasteiger partial charge in [0.15, 0.2) is 0 Å². The molecule has 0 aliphatic heterocycles. The first-order valence-electron chi connectivity index (χ1n) is 6.49. The molecule has 0 fully saturated rings. The van der Waals surface area contributed by atoms with Crippen LogP contribution in [0.4, 0.5) is 4.39 Å². The molecule has 0 amide bonds. The number of rotatable bonds is 5. The number of aromatic nitrogens is 1. The van der Waals surface area contributed by atoms with Crippen molar-refractivity contribution in [2.75, 3.05) is 6.54 Å². The lowest BCUT2D eigenvalue weighted by atomic mass is 10.0. The lowest BCUT2D eigenvalue weighted by Gasteiger charge is -2.19. The molecule has 2 aromatic rings. The third kappa shape index (κ3) is 4.30. The van der Waals surface area contributed by atoms with Crippen LogP contribution in [0.1, 0.15) is 24.2 Å². The van der Waals surface area contributed by atoms with Gasteiger partial charge in [0.2, 0.25) is 0 Å². The van der Waals surface area contributed by atoms with Crippen molar-refractivity contribution in [3.05, 3.63) is 62.6 Å². The molecule has 6 heteroatoms. The van der Waals surface area contributed by atoms with Crippen LogP contribution < -0.4 is 5.32 Å². The molecule has 2 nitrogen and oxygen atoms in total. The molecule has 21 heavy (non-hydrogen) atoms. The second kappa shape index (κ2) is 7.41. The molecular formula is C15H14Cl3FN2. The van der Waals surface area contributed by atoms with Crippen LogP contribution in [0.3, 0.4) is 0 Å². The van der Waals surface area contributed by atoms with E-state index in [4.69, 9.17) is 34.8 Å². The second-order valence-corrected chi connectivity index (χ2v) is 5.85. The van der Waals surface area contributed by atoms with Crippen molar-refractivity contribution >= 4 is 34.8 Å². The van der Waals surface area contributed by atoms with Crippen molar-refractivity contribution in [3.8, 4) is 0 Å². The molecule has 0 aliphatic rings. The summed E-state index contributed by atoms with van der Waals surface area (Å²) in [5, 5.41) is 4.56. The lowest BCUT2D eigenvalue weighted by molar-refractivity contribution is 0.518. The molecular weight excluding hydrogens is 334 g/mol. The van der Waals surface area contributed by atoms with Crippen molar-refractivity contribution in [2.24, 2.45) is 0 Å². The molecule has 0 aliphatic carbocycles. The largest absolute Gasteiger partial charge is 0.309 e. The summed E-state index contributed by atoms with van der Waals surface area (Å²) in [6, 6.07) is 6.08. The van der Waals surface area contributed by atoms with Gasteiger partial charge in [0.1, 0.15) is 5.82 Å². The summed E-state index contributed by atoms with van der Waals surface area (Å²) in [6.07, 6.45) is 1.95. The van der Waals surface area contributed by atoms with Gasteiger partial charge in [-0.2, -0.15) is 0 Å². The Hall–Kier alpha value is -0.870. The number of benzene rings is 1. The van der Waals surface area contributed by atoms with E-state index in [1.807, 2.05) is 6.92 Å². The van der Waals surface area contributed by atoms with Crippen molar-refractivity contribution in [1.29, 1.82) is 0 Å². The molecule has 112 valence electrons. The molecule has 0 bridgehead atoms. The molecule has 1 atom stereocenters. The number of pyridine rings is 1. The minimum atomic E-state index is -0.338. The summed E-state index contributed by atoms with van der Waals surface area (Å²) in [7, 11) is 0. The Morgan fingerprint density at radius 2 is 1.95 bits per heavy atom. The van der Waals surface area contributed by atoms with Crippen molar-refractivity contribution in [1.82, 2.24) is 10.3 Å². The predicted octanol–water partition coefficient (Wildman–Crippen LogP) is 5.07. The smallest absolute Gasteiger partial charge is 0.127 e. The molecule has 1 N–H and O–H groups in total. The first-order valence-corrected chi connectivity index (χ1v) is 7.63. The average Bonchev–Trinajstić information content (AvgIpc) is 2.41. The van der Waals surface area contributed by atoms with E-state index in [2.05, 4.69) is 10.3 Å². The van der Waals surface area contributed by atoms with E-state index in [0.29, 0.717) is 39.3 Å². The van der Waals surface area contributed by atoms with E-state index in [0.717, 1.165) is 0 Å². The first kappa shape index (κ1) is 16.5. The summed E-state index contributed by atoms with van der Waals surface area (Å²) in [5.41, 5.74) is 1.20. The highest BCUT2D eigenvalue weighted by molar-refractivity contribution is 6.34. The Morgan fingerprint density at radius 1 is 1.19 bits per heavy atom. The van der Waals surface area contributed by atoms with Gasteiger partial charge in [-0.1, -0.05) is 47.8 Å². The molecule has 0 spiro atoms. The number of hydrogen-bond acceptors (Lipinski definition) is 2. The fourth-order valence-corrected chi connectivity index (χ4v) is 2.77. The van der Waals surface area contributed by atoms with Gasteiger partial charge in [0, 0.05) is 11.2 Å². The van der Waals surface area contributed by atoms with Crippen LogP contribution in [-0.4, -0.2) is 11.5 Å². The van der Waals surface area contributed by atoms with Crippen LogP contribution >= 0.6 is 34.8 Å². The van der Waals surface area contributed by atoms with E-state index in [-0.39, 0.29) is 11.9 Å². The summed E-state index contributed by atoms with van der Waals surface area (Å²) < 4.78 is 13.9. The Morgan fingerprint density at radius 3 is 2.57 bits per heavy atom. The average molecular weight is 348 g/mol. The molecule has 1 heterocycles. The zero-order valence-electron chi connectivity index (χ0n) is 11.3. The van der Waals surface area contributed by atoms with Crippen molar-refractivity contribution in [3.63, 3.8) is 0 Å². The standard InChI is InChI=1S/C15H14Cl3FN2/c1-2-20-14(15-12(18)6-11(17)8-21-15)5-9-3-4-10(16)7-13(9)19/h3-4,6-8,14,20H,2,5H2,1H3. The van der Waals surface area contributed by atoms with Crippen LogP contribution in [-0.2, 0) is 6.42 Å². The Bertz CT molecular complexity index is 634. The molecule has 0 saturated carbocycles. The summed E-state index contributed by atoms with van der Waals surface area (Å²) in [5.74, 6) is -0.338. The van der Waals surface area contributed by atoms with Gasteiger partial charge in [-0.3, -0.25) is 4.98 Å². The van der Waals surface area contributed by atoms with Crippen molar-refractivity contribution < 1.29 is 4.39 Å². The minimum Gasteiger partial charge on any atom is -0.309 e. The molecule has 1 unspecified atom stereocenters. The van der Waals surface area contributed by atoms with Crippen LogP contribution in [0, 0.1) is 5.82 Å². The zero-order valence-corrected chi connectivity index (χ0v) is 13.6. The van der Waals surface area contributed by atoms with Crippen LogP contribution in [0.2, 0.25) is 15.1 Å². The van der Waals surface area contributed by atoms with E-state index in [1.165, 1.54) is 12.3 Å². The maximum atomic E-state index is 13.9. The Kier molecular flexibility index (Phi) is 5.82. The molecule has 1 aromatic heterocycles.